The predicted octanol–water partition coefficient (Wildman–Crippen LogP) is 4.50. The molecule has 0 unspecified atom stereocenters. The summed E-state index contributed by atoms with van der Waals surface area (Å²) in [4.78, 5) is 18.3. The van der Waals surface area contributed by atoms with Crippen molar-refractivity contribution < 1.29 is 4.79 Å². The Hall–Kier alpha value is -3.98. The molecule has 0 saturated heterocycles. The number of anilines is 2. The van der Waals surface area contributed by atoms with Gasteiger partial charge >= 0.3 is 6.03 Å². The molecule has 0 atom stereocenters. The molecule has 0 radical (unpaired) electrons. The minimum Gasteiger partial charge on any atom is -0.267 e. The van der Waals surface area contributed by atoms with E-state index in [0.717, 1.165) is 22.8 Å². The molecule has 3 heterocycles. The third kappa shape index (κ3) is 2.63. The summed E-state index contributed by atoms with van der Waals surface area (Å²) in [6.45, 7) is 8.81. The normalized spacial score (nSPS) is 16.5. The molecule has 0 bridgehead atoms. The van der Waals surface area contributed by atoms with Crippen LogP contribution in [0.1, 0.15) is 27.7 Å². The molecule has 36 heavy (non-hydrogen) atoms. The van der Waals surface area contributed by atoms with E-state index in [9.17, 15) is 4.79 Å². The van der Waals surface area contributed by atoms with Crippen LogP contribution in [0.2, 0.25) is 0 Å². The lowest BCUT2D eigenvalue weighted by molar-refractivity contribution is 0.254. The van der Waals surface area contributed by atoms with Crippen molar-refractivity contribution in [3.05, 3.63) is 107 Å². The number of allylic oxidation sites excluding steroid dienone is 4. The highest BCUT2D eigenvalue weighted by Crippen LogP contribution is 2.46. The number of carbonyl (C=O) groups excluding carboxylic acids is 1. The Kier molecular flexibility index (Phi) is 4.45. The number of carbonyl (C=O) groups is 1. The van der Waals surface area contributed by atoms with Gasteiger partial charge in [0.2, 0.25) is 13.4 Å². The summed E-state index contributed by atoms with van der Waals surface area (Å²) < 4.78 is 0. The Bertz CT molecular complexity index is 1540. The summed E-state index contributed by atoms with van der Waals surface area (Å²) in [5.74, 6) is 0. The molecule has 0 N–H and O–H groups in total. The lowest BCUT2D eigenvalue weighted by atomic mass is 9.34. The first-order valence-corrected chi connectivity index (χ1v) is 12.7. The van der Waals surface area contributed by atoms with Crippen molar-refractivity contribution in [2.75, 3.05) is 9.80 Å². The minimum atomic E-state index is 0.0235. The Morgan fingerprint density at radius 1 is 0.556 bits per heavy atom. The van der Waals surface area contributed by atoms with Gasteiger partial charge in [0, 0.05) is 16.8 Å². The third-order valence-electron chi connectivity index (χ3n) is 8.59. The van der Waals surface area contributed by atoms with Crippen LogP contribution in [0.3, 0.4) is 0 Å². The van der Waals surface area contributed by atoms with Gasteiger partial charge in [-0.25, -0.2) is 4.79 Å². The van der Waals surface area contributed by atoms with Crippen LogP contribution in [0.5, 0.6) is 0 Å². The molecule has 3 aliphatic heterocycles. The number of urea groups is 1. The van der Waals surface area contributed by atoms with E-state index in [1.165, 1.54) is 43.6 Å². The molecule has 7 rings (SSSR count). The molecule has 3 aliphatic rings. The Morgan fingerprint density at radius 3 is 1.39 bits per heavy atom. The summed E-state index contributed by atoms with van der Waals surface area (Å²) in [5.41, 5.74) is 11.6. The summed E-state index contributed by atoms with van der Waals surface area (Å²) in [6, 6.07) is 30.3. The number of rotatable bonds is 2. The van der Waals surface area contributed by atoms with Crippen LogP contribution in [0.25, 0.3) is 10.8 Å². The lowest BCUT2D eigenvalue weighted by Gasteiger charge is -2.46. The topological polar surface area (TPSA) is 23.6 Å². The lowest BCUT2D eigenvalue weighted by Crippen LogP contribution is -2.59. The van der Waals surface area contributed by atoms with E-state index in [4.69, 9.17) is 0 Å². The molecule has 4 aromatic rings. The van der Waals surface area contributed by atoms with Crippen molar-refractivity contribution >= 4 is 63.5 Å². The van der Waals surface area contributed by atoms with Crippen LogP contribution in [-0.2, 0) is 0 Å². The SMILES string of the molecule is CC1=C(C)N2C(=O)N3C(C)=C(C)B(c4ccccc4)c4ccc5ccc(c2c5c43)B1c1ccccc1. The number of hydrogen-bond acceptors (Lipinski definition) is 1. The van der Waals surface area contributed by atoms with Gasteiger partial charge in [0.15, 0.2) is 0 Å². The van der Waals surface area contributed by atoms with E-state index in [1.54, 1.807) is 0 Å². The van der Waals surface area contributed by atoms with Gasteiger partial charge in [0.25, 0.3) is 0 Å². The molecule has 2 amide bonds. The fourth-order valence-electron chi connectivity index (χ4n) is 6.66. The Labute approximate surface area is 212 Å². The summed E-state index contributed by atoms with van der Waals surface area (Å²) in [5, 5.41) is 2.36. The van der Waals surface area contributed by atoms with E-state index < -0.39 is 0 Å². The zero-order chi connectivity index (χ0) is 24.7. The van der Waals surface area contributed by atoms with Gasteiger partial charge in [-0.3, -0.25) is 9.80 Å². The van der Waals surface area contributed by atoms with Gasteiger partial charge in [0.1, 0.15) is 0 Å². The summed E-state index contributed by atoms with van der Waals surface area (Å²) in [6.07, 6.45) is 0. The van der Waals surface area contributed by atoms with Crippen molar-refractivity contribution in [2.24, 2.45) is 0 Å². The molecule has 0 saturated carbocycles. The van der Waals surface area contributed by atoms with Crippen molar-refractivity contribution in [3.8, 4) is 0 Å². The molecular formula is C31H26B2N2O. The fourth-order valence-corrected chi connectivity index (χ4v) is 6.66. The predicted molar refractivity (Wildman–Crippen MR) is 154 cm³/mol. The number of benzene rings is 4. The van der Waals surface area contributed by atoms with Gasteiger partial charge in [0.05, 0.1) is 11.4 Å². The first-order chi connectivity index (χ1) is 17.5. The van der Waals surface area contributed by atoms with Gasteiger partial charge < -0.3 is 0 Å². The van der Waals surface area contributed by atoms with E-state index in [2.05, 4.69) is 113 Å². The number of nitrogens with zero attached hydrogens (tertiary/aromatic N) is 2. The van der Waals surface area contributed by atoms with Crippen molar-refractivity contribution in [2.45, 2.75) is 27.7 Å². The van der Waals surface area contributed by atoms with E-state index in [1.807, 2.05) is 9.80 Å². The summed E-state index contributed by atoms with van der Waals surface area (Å²) >= 11 is 0. The van der Waals surface area contributed by atoms with E-state index in [0.29, 0.717) is 0 Å². The second kappa shape index (κ2) is 7.51. The molecule has 0 spiro atoms. The third-order valence-corrected chi connectivity index (χ3v) is 8.59. The van der Waals surface area contributed by atoms with Crippen molar-refractivity contribution in [1.29, 1.82) is 0 Å². The van der Waals surface area contributed by atoms with Crippen LogP contribution in [0, 0.1) is 0 Å². The van der Waals surface area contributed by atoms with Crippen LogP contribution in [0.15, 0.2) is 107 Å². The quantitative estimate of drug-likeness (QED) is 0.401. The molecule has 5 heteroatoms. The molecule has 172 valence electrons. The second-order valence-corrected chi connectivity index (χ2v) is 10.3. The fraction of sp³-hybridized carbons (Fsp3) is 0.129. The maximum absolute atomic E-state index is 14.3. The highest BCUT2D eigenvalue weighted by molar-refractivity contribution is 6.94. The van der Waals surface area contributed by atoms with Crippen LogP contribution >= 0.6 is 0 Å². The summed E-state index contributed by atoms with van der Waals surface area (Å²) in [7, 11) is 0. The van der Waals surface area contributed by atoms with Crippen LogP contribution in [-0.4, -0.2) is 19.5 Å². The monoisotopic (exact) mass is 464 g/mol. The Morgan fingerprint density at radius 2 is 0.972 bits per heavy atom. The first-order valence-electron chi connectivity index (χ1n) is 12.7. The molecule has 0 aromatic heterocycles. The molecular weight excluding hydrogens is 438 g/mol. The molecule has 4 aromatic carbocycles. The van der Waals surface area contributed by atoms with E-state index >= 15 is 0 Å². The zero-order valence-corrected chi connectivity index (χ0v) is 21.0. The van der Waals surface area contributed by atoms with Gasteiger partial charge in [-0.05, 0) is 44.0 Å². The van der Waals surface area contributed by atoms with Gasteiger partial charge in [-0.2, -0.15) is 0 Å². The maximum Gasteiger partial charge on any atom is 0.337 e. The molecule has 0 fully saturated rings. The van der Waals surface area contributed by atoms with Crippen LogP contribution < -0.4 is 31.7 Å². The number of amides is 2. The first kappa shape index (κ1) is 21.3. The highest BCUT2D eigenvalue weighted by Gasteiger charge is 2.46. The highest BCUT2D eigenvalue weighted by atomic mass is 16.2. The van der Waals surface area contributed by atoms with Gasteiger partial charge in [-0.1, -0.05) is 107 Å². The standard InChI is InChI=1S/C31H26B2N2O/c1-19-21(3)34-29-26(32(19)24-11-7-5-8-12-24)17-15-23-16-18-27-30(28(23)29)35(31(34)36)22(4)20(2)33(27)25-13-9-6-10-14-25/h5-18H,1-4H3. The Balaban J connectivity index is 1.60. The largest absolute Gasteiger partial charge is 0.337 e. The second-order valence-electron chi connectivity index (χ2n) is 10.3. The molecule has 3 nitrogen and oxygen atoms in total. The molecule has 0 aliphatic carbocycles. The van der Waals surface area contributed by atoms with Crippen LogP contribution in [0.4, 0.5) is 16.2 Å². The average Bonchev–Trinajstić information content (AvgIpc) is 2.90. The van der Waals surface area contributed by atoms with Crippen molar-refractivity contribution in [3.63, 3.8) is 0 Å². The van der Waals surface area contributed by atoms with E-state index in [-0.39, 0.29) is 19.5 Å². The van der Waals surface area contributed by atoms with Crippen molar-refractivity contribution in [1.82, 2.24) is 0 Å². The zero-order valence-electron chi connectivity index (χ0n) is 21.0. The smallest absolute Gasteiger partial charge is 0.267 e. The average molecular weight is 464 g/mol. The maximum atomic E-state index is 14.3. The number of hydrogen-bond donors (Lipinski definition) is 0. The minimum absolute atomic E-state index is 0.0235. The van der Waals surface area contributed by atoms with Gasteiger partial charge in [-0.15, -0.1) is 0 Å².